The summed E-state index contributed by atoms with van der Waals surface area (Å²) >= 11 is 0. The number of piperazine rings is 1. The number of carbonyl (C=O) groups is 1. The number of carbonyl (C=O) groups excluding carboxylic acids is 1. The van der Waals surface area contributed by atoms with Crippen LogP contribution in [0.1, 0.15) is 16.1 Å². The molecular weight excluding hydrogens is 400 g/mol. The number of nitrogens with zero attached hydrogens (tertiary/aromatic N) is 4. The van der Waals surface area contributed by atoms with Crippen LogP contribution in [-0.4, -0.2) is 67.4 Å². The first-order chi connectivity index (χ1) is 15.0. The van der Waals surface area contributed by atoms with E-state index in [0.717, 1.165) is 11.4 Å². The number of furan rings is 1. The van der Waals surface area contributed by atoms with Gasteiger partial charge in [-0.05, 0) is 19.1 Å². The number of benzene rings is 1. The molecule has 164 valence electrons. The van der Waals surface area contributed by atoms with Gasteiger partial charge >= 0.3 is 0 Å². The van der Waals surface area contributed by atoms with E-state index in [0.29, 0.717) is 50.7 Å². The highest BCUT2D eigenvalue weighted by molar-refractivity contribution is 6.06. The van der Waals surface area contributed by atoms with Crippen molar-refractivity contribution in [3.05, 3.63) is 52.3 Å². The summed E-state index contributed by atoms with van der Waals surface area (Å²) in [5.74, 6) is 1.00. The van der Waals surface area contributed by atoms with E-state index in [9.17, 15) is 9.59 Å². The lowest BCUT2D eigenvalue weighted by molar-refractivity contribution is 0.0746. The topological polar surface area (TPSA) is 90.0 Å². The average Bonchev–Trinajstić information content (AvgIpc) is 3.15. The first-order valence-corrected chi connectivity index (χ1v) is 10.2. The van der Waals surface area contributed by atoms with Gasteiger partial charge in [-0.1, -0.05) is 12.1 Å². The molecule has 0 saturated carbocycles. The van der Waals surface area contributed by atoms with Crippen molar-refractivity contribution in [3.8, 4) is 5.75 Å². The zero-order valence-electron chi connectivity index (χ0n) is 18.0. The van der Waals surface area contributed by atoms with E-state index in [-0.39, 0.29) is 22.6 Å². The minimum absolute atomic E-state index is 0.187. The van der Waals surface area contributed by atoms with Crippen LogP contribution in [0, 0.1) is 6.92 Å². The maximum atomic E-state index is 13.4. The predicted molar refractivity (Wildman–Crippen MR) is 116 cm³/mol. The van der Waals surface area contributed by atoms with Crippen LogP contribution < -0.4 is 15.2 Å². The van der Waals surface area contributed by atoms with Crippen molar-refractivity contribution in [2.75, 3.05) is 51.9 Å². The molecule has 2 aromatic heterocycles. The van der Waals surface area contributed by atoms with Crippen molar-refractivity contribution >= 4 is 22.7 Å². The lowest BCUT2D eigenvalue weighted by atomic mass is 10.1. The van der Waals surface area contributed by atoms with E-state index in [4.69, 9.17) is 13.9 Å². The number of aromatic nitrogens is 2. The summed E-state index contributed by atoms with van der Waals surface area (Å²) in [6.07, 6.45) is 1.42. The molecule has 1 aliphatic heterocycles. The van der Waals surface area contributed by atoms with Gasteiger partial charge in [-0.2, -0.15) is 0 Å². The Kier molecular flexibility index (Phi) is 5.94. The summed E-state index contributed by atoms with van der Waals surface area (Å²) < 4.78 is 17.6. The first-order valence-electron chi connectivity index (χ1n) is 10.2. The van der Waals surface area contributed by atoms with Crippen molar-refractivity contribution in [1.29, 1.82) is 0 Å². The van der Waals surface area contributed by atoms with Crippen LogP contribution in [0.25, 0.3) is 11.1 Å². The van der Waals surface area contributed by atoms with Gasteiger partial charge < -0.3 is 23.7 Å². The van der Waals surface area contributed by atoms with Crippen LogP contribution in [-0.2, 0) is 11.3 Å². The van der Waals surface area contributed by atoms with E-state index < -0.39 is 0 Å². The summed E-state index contributed by atoms with van der Waals surface area (Å²) in [4.78, 5) is 34.5. The van der Waals surface area contributed by atoms with Gasteiger partial charge in [0.2, 0.25) is 5.71 Å². The normalized spacial score (nSPS) is 14.3. The molecule has 4 rings (SSSR count). The van der Waals surface area contributed by atoms with Crippen molar-refractivity contribution in [3.63, 3.8) is 0 Å². The summed E-state index contributed by atoms with van der Waals surface area (Å²) in [5, 5.41) is 0.230. The molecule has 0 spiro atoms. The van der Waals surface area contributed by atoms with Crippen molar-refractivity contribution in [2.45, 2.75) is 13.5 Å². The van der Waals surface area contributed by atoms with E-state index in [2.05, 4.69) is 9.88 Å². The highest BCUT2D eigenvalue weighted by Gasteiger charge is 2.29. The number of fused-ring (bicyclic) bond motifs is 1. The molecule has 0 bridgehead atoms. The number of aryl methyl sites for hydroxylation is 1. The van der Waals surface area contributed by atoms with Crippen molar-refractivity contribution in [2.24, 2.45) is 0 Å². The fourth-order valence-corrected chi connectivity index (χ4v) is 3.94. The number of para-hydroxylation sites is 2. The molecule has 1 fully saturated rings. The molecule has 0 unspecified atom stereocenters. The van der Waals surface area contributed by atoms with E-state index >= 15 is 0 Å². The lowest BCUT2D eigenvalue weighted by Crippen LogP contribution is -2.49. The molecule has 1 aliphatic rings. The Labute approximate surface area is 179 Å². The van der Waals surface area contributed by atoms with Gasteiger partial charge in [-0.15, -0.1) is 0 Å². The number of methoxy groups -OCH3 is 2. The molecule has 0 atom stereocenters. The van der Waals surface area contributed by atoms with Gasteiger partial charge in [0, 0.05) is 33.3 Å². The first kappa shape index (κ1) is 20.9. The van der Waals surface area contributed by atoms with Gasteiger partial charge in [0.1, 0.15) is 23.2 Å². The standard InChI is InChI=1S/C22H26N4O5/c1-15-18(19-20(31-15)23-14-26(22(19)28)12-13-29-2)21(27)25-10-8-24(9-11-25)16-6-4-5-7-17(16)30-3/h4-7,14H,8-13H2,1-3H3. The second-order valence-electron chi connectivity index (χ2n) is 7.40. The number of amides is 1. The second kappa shape index (κ2) is 8.81. The van der Waals surface area contributed by atoms with Crippen molar-refractivity contribution in [1.82, 2.24) is 14.5 Å². The monoisotopic (exact) mass is 426 g/mol. The summed E-state index contributed by atoms with van der Waals surface area (Å²) in [6, 6.07) is 7.84. The van der Waals surface area contributed by atoms with Gasteiger partial charge in [0.15, 0.2) is 0 Å². The molecule has 9 nitrogen and oxygen atoms in total. The summed E-state index contributed by atoms with van der Waals surface area (Å²) in [6.45, 7) is 4.81. The third kappa shape index (κ3) is 3.88. The average molecular weight is 426 g/mol. The SMILES string of the molecule is COCCn1cnc2oc(C)c(C(=O)N3CCN(c4ccccc4OC)CC3)c2c1=O. The fraction of sp³-hybridized carbons (Fsp3) is 0.409. The highest BCUT2D eigenvalue weighted by atomic mass is 16.5. The van der Waals surface area contributed by atoms with Gasteiger partial charge in [-0.25, -0.2) is 4.98 Å². The number of hydrogen-bond donors (Lipinski definition) is 0. The Morgan fingerprint density at radius 1 is 1.16 bits per heavy atom. The molecule has 9 heteroatoms. The van der Waals surface area contributed by atoms with Crippen LogP contribution in [0.5, 0.6) is 5.75 Å². The van der Waals surface area contributed by atoms with Crippen LogP contribution in [0.3, 0.4) is 0 Å². The largest absolute Gasteiger partial charge is 0.495 e. The molecule has 3 aromatic rings. The van der Waals surface area contributed by atoms with Gasteiger partial charge in [-0.3, -0.25) is 14.2 Å². The maximum Gasteiger partial charge on any atom is 0.265 e. The Morgan fingerprint density at radius 3 is 2.61 bits per heavy atom. The molecular formula is C22H26N4O5. The van der Waals surface area contributed by atoms with Crippen LogP contribution in [0.4, 0.5) is 5.69 Å². The summed E-state index contributed by atoms with van der Waals surface area (Å²) in [5.41, 5.74) is 1.19. The molecule has 3 heterocycles. The minimum atomic E-state index is -0.296. The van der Waals surface area contributed by atoms with Crippen LogP contribution in [0.2, 0.25) is 0 Å². The molecule has 31 heavy (non-hydrogen) atoms. The zero-order valence-corrected chi connectivity index (χ0v) is 18.0. The Morgan fingerprint density at radius 2 is 1.90 bits per heavy atom. The van der Waals surface area contributed by atoms with E-state index in [1.54, 1.807) is 26.0 Å². The Balaban J connectivity index is 1.58. The van der Waals surface area contributed by atoms with Crippen molar-refractivity contribution < 1.29 is 18.7 Å². The number of hydrogen-bond acceptors (Lipinski definition) is 7. The fourth-order valence-electron chi connectivity index (χ4n) is 3.94. The van der Waals surface area contributed by atoms with E-state index in [1.165, 1.54) is 10.9 Å². The molecule has 0 N–H and O–H groups in total. The van der Waals surface area contributed by atoms with Crippen LogP contribution >= 0.6 is 0 Å². The van der Waals surface area contributed by atoms with Gasteiger partial charge in [0.25, 0.3) is 11.5 Å². The van der Waals surface area contributed by atoms with Gasteiger partial charge in [0.05, 0.1) is 31.5 Å². The Hall–Kier alpha value is -3.33. The smallest absolute Gasteiger partial charge is 0.265 e. The number of ether oxygens (including phenoxy) is 2. The predicted octanol–water partition coefficient (Wildman–Crippen LogP) is 1.92. The molecule has 0 aliphatic carbocycles. The molecule has 0 radical (unpaired) electrons. The van der Waals surface area contributed by atoms with Crippen LogP contribution in [0.15, 0.2) is 39.8 Å². The van der Waals surface area contributed by atoms with E-state index in [1.807, 2.05) is 24.3 Å². The maximum absolute atomic E-state index is 13.4. The molecule has 1 saturated heterocycles. The summed E-state index contributed by atoms with van der Waals surface area (Å²) in [7, 11) is 3.22. The number of rotatable bonds is 6. The minimum Gasteiger partial charge on any atom is -0.495 e. The number of anilines is 1. The second-order valence-corrected chi connectivity index (χ2v) is 7.40. The highest BCUT2D eigenvalue weighted by Crippen LogP contribution is 2.29. The third-order valence-electron chi connectivity index (χ3n) is 5.60. The quantitative estimate of drug-likeness (QED) is 0.595. The zero-order chi connectivity index (χ0) is 22.0. The Bertz CT molecular complexity index is 1140. The third-order valence-corrected chi connectivity index (χ3v) is 5.60. The molecule has 1 amide bonds. The molecule has 1 aromatic carbocycles. The lowest BCUT2D eigenvalue weighted by Gasteiger charge is -2.36.